The van der Waals surface area contributed by atoms with Crippen molar-refractivity contribution < 1.29 is 19.2 Å². The Kier molecular flexibility index (Phi) is 6.96. The number of urea groups is 1. The predicted octanol–water partition coefficient (Wildman–Crippen LogP) is 1.62. The Labute approximate surface area is 173 Å². The molecule has 0 aromatic rings. The molecule has 3 fully saturated rings. The molecule has 3 aliphatic rings. The first-order valence-electron chi connectivity index (χ1n) is 10.6. The van der Waals surface area contributed by atoms with Crippen LogP contribution in [0, 0.1) is 16.7 Å². The minimum Gasteiger partial charge on any atom is -0.352 e. The molecule has 0 aromatic carbocycles. The summed E-state index contributed by atoms with van der Waals surface area (Å²) in [5.74, 6) is -0.497. The number of rotatable bonds is 11. The number of nitrogens with one attached hydrogen (secondary N) is 3. The third-order valence-corrected chi connectivity index (χ3v) is 6.78. The Balaban J connectivity index is 2.00. The van der Waals surface area contributed by atoms with E-state index in [1.807, 2.05) is 20.8 Å². The van der Waals surface area contributed by atoms with Gasteiger partial charge in [-0.2, -0.15) is 0 Å². The highest BCUT2D eigenvalue weighted by molar-refractivity contribution is 5.92. The maximum absolute atomic E-state index is 13.0. The van der Waals surface area contributed by atoms with E-state index in [1.165, 1.54) is 0 Å². The number of hydrogen-bond acceptors (Lipinski definition) is 4. The number of aldehydes is 1. The van der Waals surface area contributed by atoms with Gasteiger partial charge in [0.15, 0.2) is 0 Å². The largest absolute Gasteiger partial charge is 0.352 e. The van der Waals surface area contributed by atoms with Crippen LogP contribution in [0.5, 0.6) is 0 Å². The molecule has 0 aliphatic heterocycles. The SMILES string of the molecule is CC[C@@](C=O)(CCCNC(N)=O)NC(=O)[C@@H](NC(=O)C12CCC(C)(C1)C2)C(C)C. The lowest BCUT2D eigenvalue weighted by Crippen LogP contribution is -2.60. The maximum atomic E-state index is 13.0. The molecule has 0 unspecified atom stereocenters. The summed E-state index contributed by atoms with van der Waals surface area (Å²) in [7, 11) is 0. The quantitative estimate of drug-likeness (QED) is 0.306. The van der Waals surface area contributed by atoms with E-state index in [2.05, 4.69) is 22.9 Å². The molecule has 3 saturated carbocycles. The van der Waals surface area contributed by atoms with Crippen LogP contribution in [0.25, 0.3) is 0 Å². The molecule has 5 N–H and O–H groups in total. The molecule has 2 bridgehead atoms. The van der Waals surface area contributed by atoms with Crippen molar-refractivity contribution in [3.05, 3.63) is 0 Å². The summed E-state index contributed by atoms with van der Waals surface area (Å²) >= 11 is 0. The van der Waals surface area contributed by atoms with Gasteiger partial charge in [0.25, 0.3) is 0 Å². The van der Waals surface area contributed by atoms with Gasteiger partial charge in [-0.1, -0.05) is 27.7 Å². The Morgan fingerprint density at radius 3 is 2.31 bits per heavy atom. The number of primary amides is 1. The van der Waals surface area contributed by atoms with E-state index in [0.29, 0.717) is 25.8 Å². The first-order valence-corrected chi connectivity index (χ1v) is 10.6. The molecule has 0 spiro atoms. The highest BCUT2D eigenvalue weighted by atomic mass is 16.2. The number of fused-ring (bicyclic) bond motifs is 1. The highest BCUT2D eigenvalue weighted by Gasteiger charge is 2.62. The summed E-state index contributed by atoms with van der Waals surface area (Å²) in [6.45, 7) is 8.13. The first-order chi connectivity index (χ1) is 13.5. The molecule has 3 rings (SSSR count). The van der Waals surface area contributed by atoms with E-state index in [-0.39, 0.29) is 28.6 Å². The van der Waals surface area contributed by atoms with Crippen molar-refractivity contribution in [2.75, 3.05) is 6.54 Å². The number of carbonyl (C=O) groups excluding carboxylic acids is 4. The van der Waals surface area contributed by atoms with Gasteiger partial charge >= 0.3 is 6.03 Å². The molecule has 8 nitrogen and oxygen atoms in total. The van der Waals surface area contributed by atoms with E-state index >= 15 is 0 Å². The van der Waals surface area contributed by atoms with Crippen LogP contribution < -0.4 is 21.7 Å². The van der Waals surface area contributed by atoms with Gasteiger partial charge in [0.05, 0.1) is 11.0 Å². The molecule has 2 atom stereocenters. The number of hydrogen-bond donors (Lipinski definition) is 4. The second-order valence-electron chi connectivity index (χ2n) is 9.65. The lowest BCUT2D eigenvalue weighted by molar-refractivity contribution is -0.142. The Hall–Kier alpha value is -2.12. The average Bonchev–Trinajstić information content (AvgIpc) is 3.16. The topological polar surface area (TPSA) is 130 Å². The van der Waals surface area contributed by atoms with Crippen LogP contribution in [-0.2, 0) is 14.4 Å². The minimum atomic E-state index is -1.03. The fourth-order valence-electron chi connectivity index (χ4n) is 5.02. The van der Waals surface area contributed by atoms with Crippen molar-refractivity contribution in [2.24, 2.45) is 22.5 Å². The number of carbonyl (C=O) groups is 4. The van der Waals surface area contributed by atoms with E-state index in [9.17, 15) is 19.2 Å². The molecular weight excluding hydrogens is 372 g/mol. The summed E-state index contributed by atoms with van der Waals surface area (Å²) in [4.78, 5) is 48.6. The summed E-state index contributed by atoms with van der Waals surface area (Å²) < 4.78 is 0. The molecule has 0 aromatic heterocycles. The third kappa shape index (κ3) is 5.08. The standard InChI is InChI=1S/C21H36N4O4/c1-5-21(13-26,7-6-10-23-18(22)29)25-16(27)15(14(2)3)24-17(28)20-9-8-19(4,11-20)12-20/h13-15H,5-12H2,1-4H3,(H,24,28)(H,25,27)(H3,22,23,29)/t15-,19?,20?,21-/m0/s1. The Morgan fingerprint density at radius 1 is 1.21 bits per heavy atom. The smallest absolute Gasteiger partial charge is 0.312 e. The van der Waals surface area contributed by atoms with Crippen LogP contribution in [0.3, 0.4) is 0 Å². The molecule has 3 aliphatic carbocycles. The molecule has 0 saturated heterocycles. The average molecular weight is 409 g/mol. The van der Waals surface area contributed by atoms with E-state index in [4.69, 9.17) is 5.73 Å². The first kappa shape index (κ1) is 23.2. The van der Waals surface area contributed by atoms with E-state index < -0.39 is 17.6 Å². The zero-order chi connectivity index (χ0) is 21.9. The van der Waals surface area contributed by atoms with Crippen molar-refractivity contribution >= 4 is 24.1 Å². The van der Waals surface area contributed by atoms with Gasteiger partial charge < -0.3 is 26.5 Å². The molecule has 0 heterocycles. The van der Waals surface area contributed by atoms with Crippen LogP contribution in [0.1, 0.15) is 72.6 Å². The molecular formula is C21H36N4O4. The van der Waals surface area contributed by atoms with Crippen molar-refractivity contribution in [2.45, 2.75) is 84.2 Å². The summed E-state index contributed by atoms with van der Waals surface area (Å²) in [6, 6.07) is -1.32. The Bertz CT molecular complexity index is 657. The van der Waals surface area contributed by atoms with Crippen molar-refractivity contribution in [1.29, 1.82) is 0 Å². The van der Waals surface area contributed by atoms with Crippen LogP contribution in [0.4, 0.5) is 4.79 Å². The van der Waals surface area contributed by atoms with Crippen molar-refractivity contribution in [1.82, 2.24) is 16.0 Å². The van der Waals surface area contributed by atoms with Crippen LogP contribution >= 0.6 is 0 Å². The van der Waals surface area contributed by atoms with Crippen LogP contribution in [0.2, 0.25) is 0 Å². The van der Waals surface area contributed by atoms with Gasteiger partial charge in [-0.15, -0.1) is 0 Å². The molecule has 4 amide bonds. The van der Waals surface area contributed by atoms with Crippen LogP contribution in [0.15, 0.2) is 0 Å². The zero-order valence-corrected chi connectivity index (χ0v) is 18.1. The van der Waals surface area contributed by atoms with Gasteiger partial charge in [-0.3, -0.25) is 9.59 Å². The van der Waals surface area contributed by atoms with Crippen LogP contribution in [-0.4, -0.2) is 42.3 Å². The van der Waals surface area contributed by atoms with E-state index in [0.717, 1.165) is 32.0 Å². The highest BCUT2D eigenvalue weighted by Crippen LogP contribution is 2.66. The molecule has 164 valence electrons. The van der Waals surface area contributed by atoms with Gasteiger partial charge in [0.1, 0.15) is 12.3 Å². The number of amides is 4. The fraction of sp³-hybridized carbons (Fsp3) is 0.810. The minimum absolute atomic E-state index is 0.0415. The summed E-state index contributed by atoms with van der Waals surface area (Å²) in [5.41, 5.74) is 3.97. The van der Waals surface area contributed by atoms with Crippen molar-refractivity contribution in [3.63, 3.8) is 0 Å². The second kappa shape index (κ2) is 8.71. The third-order valence-electron chi connectivity index (χ3n) is 6.78. The zero-order valence-electron chi connectivity index (χ0n) is 18.1. The van der Waals surface area contributed by atoms with Crippen molar-refractivity contribution in [3.8, 4) is 0 Å². The molecule has 8 heteroatoms. The lowest BCUT2D eigenvalue weighted by atomic mass is 9.61. The molecule has 0 radical (unpaired) electrons. The second-order valence-corrected chi connectivity index (χ2v) is 9.65. The molecule has 29 heavy (non-hydrogen) atoms. The maximum Gasteiger partial charge on any atom is 0.312 e. The van der Waals surface area contributed by atoms with Gasteiger partial charge in [0, 0.05) is 6.54 Å². The van der Waals surface area contributed by atoms with E-state index in [1.54, 1.807) is 0 Å². The van der Waals surface area contributed by atoms with Gasteiger partial charge in [-0.05, 0) is 56.3 Å². The normalized spacial score (nSPS) is 28.0. The van der Waals surface area contributed by atoms with Gasteiger partial charge in [-0.25, -0.2) is 4.79 Å². The number of nitrogens with two attached hydrogens (primary N) is 1. The predicted molar refractivity (Wildman–Crippen MR) is 110 cm³/mol. The monoisotopic (exact) mass is 408 g/mol. The lowest BCUT2D eigenvalue weighted by Gasteiger charge is -2.45. The summed E-state index contributed by atoms with van der Waals surface area (Å²) in [6.07, 6.45) is 5.75. The summed E-state index contributed by atoms with van der Waals surface area (Å²) in [5, 5.41) is 8.31. The van der Waals surface area contributed by atoms with Gasteiger partial charge in [0.2, 0.25) is 11.8 Å². The Morgan fingerprint density at radius 2 is 1.86 bits per heavy atom. The fourth-order valence-corrected chi connectivity index (χ4v) is 5.02.